The molecular formula is C18H22N4O2S. The first-order valence-electron chi connectivity index (χ1n) is 8.40. The monoisotopic (exact) mass is 358 g/mol. The Morgan fingerprint density at radius 1 is 1.16 bits per heavy atom. The molecule has 0 amide bonds. The van der Waals surface area contributed by atoms with Gasteiger partial charge in [0.25, 0.3) is 0 Å². The molecule has 1 aliphatic rings. The topological polar surface area (TPSA) is 51.0 Å². The minimum Gasteiger partial charge on any atom is -0.493 e. The molecule has 3 heterocycles. The molecule has 3 aromatic rings. The lowest BCUT2D eigenvalue weighted by Crippen LogP contribution is -2.43. The van der Waals surface area contributed by atoms with Crippen LogP contribution in [-0.2, 0) is 6.54 Å². The summed E-state index contributed by atoms with van der Waals surface area (Å²) < 4.78 is 13.0. The Labute approximate surface area is 151 Å². The van der Waals surface area contributed by atoms with Crippen molar-refractivity contribution >= 4 is 16.3 Å². The predicted molar refractivity (Wildman–Crippen MR) is 99.8 cm³/mol. The second-order valence-electron chi connectivity index (χ2n) is 6.06. The van der Waals surface area contributed by atoms with Crippen molar-refractivity contribution < 1.29 is 9.47 Å². The van der Waals surface area contributed by atoms with Crippen molar-refractivity contribution in [3.63, 3.8) is 0 Å². The Bertz CT molecular complexity index is 867. The van der Waals surface area contributed by atoms with Crippen LogP contribution in [0, 0.1) is 0 Å². The molecule has 0 saturated carbocycles. The fourth-order valence-electron chi connectivity index (χ4n) is 3.28. The van der Waals surface area contributed by atoms with E-state index in [0.29, 0.717) is 0 Å². The minimum absolute atomic E-state index is 0.726. The van der Waals surface area contributed by atoms with E-state index in [9.17, 15) is 0 Å². The van der Waals surface area contributed by atoms with Gasteiger partial charge in [0.1, 0.15) is 0 Å². The number of hydrogen-bond donors (Lipinski definition) is 1. The van der Waals surface area contributed by atoms with Gasteiger partial charge in [-0.05, 0) is 18.2 Å². The summed E-state index contributed by atoms with van der Waals surface area (Å²) >= 11 is 1.66. The highest BCUT2D eigenvalue weighted by Crippen LogP contribution is 2.34. The predicted octanol–water partition coefficient (Wildman–Crippen LogP) is 2.49. The fourth-order valence-corrected chi connectivity index (χ4v) is 4.01. The number of benzene rings is 1. The molecule has 0 radical (unpaired) electrons. The number of methoxy groups -OCH3 is 2. The Balaban J connectivity index is 1.76. The van der Waals surface area contributed by atoms with Crippen molar-refractivity contribution in [1.29, 1.82) is 0 Å². The molecule has 25 heavy (non-hydrogen) atoms. The van der Waals surface area contributed by atoms with Crippen molar-refractivity contribution in [2.24, 2.45) is 0 Å². The molecule has 1 aliphatic heterocycles. The van der Waals surface area contributed by atoms with Gasteiger partial charge >= 0.3 is 0 Å². The first-order valence-corrected chi connectivity index (χ1v) is 9.28. The number of fused-ring (bicyclic) bond motifs is 1. The van der Waals surface area contributed by atoms with E-state index in [2.05, 4.69) is 32.3 Å². The first kappa shape index (κ1) is 16.4. The van der Waals surface area contributed by atoms with Crippen molar-refractivity contribution in [3.05, 3.63) is 35.5 Å². The number of rotatable bonds is 5. The number of hydrogen-bond acceptors (Lipinski definition) is 6. The molecule has 0 bridgehead atoms. The summed E-state index contributed by atoms with van der Waals surface area (Å²) in [6, 6.07) is 6.00. The summed E-state index contributed by atoms with van der Waals surface area (Å²) in [5.41, 5.74) is 3.30. The second-order valence-corrected chi connectivity index (χ2v) is 6.93. The lowest BCUT2D eigenvalue weighted by Gasteiger charge is -2.27. The summed E-state index contributed by atoms with van der Waals surface area (Å²) in [6.07, 6.45) is 2.11. The van der Waals surface area contributed by atoms with Gasteiger partial charge in [-0.15, -0.1) is 11.3 Å². The molecule has 0 unspecified atom stereocenters. The third-order valence-electron chi connectivity index (χ3n) is 4.60. The van der Waals surface area contributed by atoms with Crippen LogP contribution < -0.4 is 14.8 Å². The molecular weight excluding hydrogens is 336 g/mol. The average Bonchev–Trinajstić information content (AvgIpc) is 3.25. The molecule has 7 heteroatoms. The molecule has 6 nitrogen and oxygen atoms in total. The average molecular weight is 358 g/mol. The van der Waals surface area contributed by atoms with E-state index in [4.69, 9.17) is 14.5 Å². The van der Waals surface area contributed by atoms with E-state index in [-0.39, 0.29) is 0 Å². The normalized spacial score (nSPS) is 15.6. The van der Waals surface area contributed by atoms with E-state index in [0.717, 1.165) is 60.4 Å². The van der Waals surface area contributed by atoms with Gasteiger partial charge in [-0.2, -0.15) is 0 Å². The molecule has 2 aromatic heterocycles. The van der Waals surface area contributed by atoms with Gasteiger partial charge in [-0.1, -0.05) is 0 Å². The van der Waals surface area contributed by atoms with Crippen molar-refractivity contribution in [3.8, 4) is 22.8 Å². The molecule has 0 spiro atoms. The summed E-state index contributed by atoms with van der Waals surface area (Å²) in [6.45, 7) is 5.09. The largest absolute Gasteiger partial charge is 0.493 e. The SMILES string of the molecule is COc1ccc(-c2nc3sccn3c2CN2CCNCC2)cc1OC. The van der Waals surface area contributed by atoms with E-state index in [1.54, 1.807) is 25.6 Å². The Kier molecular flexibility index (Phi) is 4.61. The van der Waals surface area contributed by atoms with Crippen molar-refractivity contribution in [2.75, 3.05) is 40.4 Å². The maximum absolute atomic E-state index is 5.47. The van der Waals surface area contributed by atoms with Crippen LogP contribution in [0.5, 0.6) is 11.5 Å². The number of thiazole rings is 1. The van der Waals surface area contributed by atoms with Gasteiger partial charge in [0.15, 0.2) is 16.5 Å². The van der Waals surface area contributed by atoms with Crippen LogP contribution in [0.2, 0.25) is 0 Å². The number of nitrogens with one attached hydrogen (secondary N) is 1. The Morgan fingerprint density at radius 2 is 1.96 bits per heavy atom. The maximum atomic E-state index is 5.47. The van der Waals surface area contributed by atoms with E-state index >= 15 is 0 Å². The van der Waals surface area contributed by atoms with Crippen molar-refractivity contribution in [2.45, 2.75) is 6.54 Å². The highest BCUT2D eigenvalue weighted by molar-refractivity contribution is 7.15. The molecule has 1 fully saturated rings. The lowest BCUT2D eigenvalue weighted by atomic mass is 10.1. The van der Waals surface area contributed by atoms with Gasteiger partial charge in [-0.3, -0.25) is 9.30 Å². The third-order valence-corrected chi connectivity index (χ3v) is 5.36. The number of ether oxygens (including phenoxy) is 2. The summed E-state index contributed by atoms with van der Waals surface area (Å²) in [7, 11) is 3.31. The van der Waals surface area contributed by atoms with Crippen LogP contribution in [0.4, 0.5) is 0 Å². The molecule has 1 saturated heterocycles. The minimum atomic E-state index is 0.726. The van der Waals surface area contributed by atoms with E-state index in [1.165, 1.54) is 5.69 Å². The quantitative estimate of drug-likeness (QED) is 0.759. The zero-order valence-electron chi connectivity index (χ0n) is 14.5. The highest BCUT2D eigenvalue weighted by Gasteiger charge is 2.20. The van der Waals surface area contributed by atoms with E-state index in [1.807, 2.05) is 12.1 Å². The number of aromatic nitrogens is 2. The summed E-state index contributed by atoms with van der Waals surface area (Å²) in [5.74, 6) is 1.46. The standard InChI is InChI=1S/C18H22N4O2S/c1-23-15-4-3-13(11-16(15)24-2)17-14(12-21-7-5-19-6-8-21)22-9-10-25-18(22)20-17/h3-4,9-11,19H,5-8,12H2,1-2H3. The zero-order valence-corrected chi connectivity index (χ0v) is 15.3. The van der Waals surface area contributed by atoms with Crippen LogP contribution in [-0.4, -0.2) is 54.7 Å². The Morgan fingerprint density at radius 3 is 2.72 bits per heavy atom. The summed E-state index contributed by atoms with van der Waals surface area (Å²) in [5, 5.41) is 5.49. The maximum Gasteiger partial charge on any atom is 0.194 e. The molecule has 4 rings (SSSR count). The van der Waals surface area contributed by atoms with Gasteiger partial charge in [0, 0.05) is 49.9 Å². The number of nitrogens with zero attached hydrogens (tertiary/aromatic N) is 3. The van der Waals surface area contributed by atoms with Gasteiger partial charge in [0.2, 0.25) is 0 Å². The van der Waals surface area contributed by atoms with Crippen molar-refractivity contribution in [1.82, 2.24) is 19.6 Å². The highest BCUT2D eigenvalue weighted by atomic mass is 32.1. The van der Waals surface area contributed by atoms with Gasteiger partial charge in [-0.25, -0.2) is 4.98 Å². The number of imidazole rings is 1. The van der Waals surface area contributed by atoms with E-state index < -0.39 is 0 Å². The zero-order chi connectivity index (χ0) is 17.2. The lowest BCUT2D eigenvalue weighted by molar-refractivity contribution is 0.230. The molecule has 132 valence electrons. The second kappa shape index (κ2) is 7.03. The first-order chi connectivity index (χ1) is 12.3. The molecule has 1 N–H and O–H groups in total. The van der Waals surface area contributed by atoms with Gasteiger partial charge < -0.3 is 14.8 Å². The molecule has 0 aliphatic carbocycles. The third kappa shape index (κ3) is 3.10. The fraction of sp³-hybridized carbons (Fsp3) is 0.389. The van der Waals surface area contributed by atoms with Crippen LogP contribution >= 0.6 is 11.3 Å². The van der Waals surface area contributed by atoms with Crippen LogP contribution in [0.15, 0.2) is 29.8 Å². The Hall–Kier alpha value is -2.09. The summed E-state index contributed by atoms with van der Waals surface area (Å²) in [4.78, 5) is 8.38. The van der Waals surface area contributed by atoms with Gasteiger partial charge in [0.05, 0.1) is 25.6 Å². The van der Waals surface area contributed by atoms with Crippen LogP contribution in [0.1, 0.15) is 5.69 Å². The molecule has 1 aromatic carbocycles. The number of piperazine rings is 1. The molecule has 0 atom stereocenters. The smallest absolute Gasteiger partial charge is 0.194 e. The van der Waals surface area contributed by atoms with Crippen LogP contribution in [0.3, 0.4) is 0 Å². The van der Waals surface area contributed by atoms with Crippen LogP contribution in [0.25, 0.3) is 16.2 Å².